The Kier molecular flexibility index (Phi) is 3.43. The summed E-state index contributed by atoms with van der Waals surface area (Å²) in [7, 11) is 0. The topological polar surface area (TPSA) is 95.1 Å². The van der Waals surface area contributed by atoms with Crippen LogP contribution in [0.4, 0.5) is 0 Å². The van der Waals surface area contributed by atoms with E-state index in [2.05, 4.69) is 15.5 Å². The fraction of sp³-hybridized carbons (Fsp3) is 0.444. The van der Waals surface area contributed by atoms with Gasteiger partial charge in [0.05, 0.1) is 17.7 Å². The van der Waals surface area contributed by atoms with E-state index in [-0.39, 0.29) is 5.91 Å². The summed E-state index contributed by atoms with van der Waals surface area (Å²) in [4.78, 5) is 22.1. The monoisotopic (exact) mass is 211 g/mol. The van der Waals surface area contributed by atoms with Crippen LogP contribution in [0.15, 0.2) is 12.4 Å². The molecule has 2 unspecified atom stereocenters. The smallest absolute Gasteiger partial charge is 0.308 e. The number of rotatable bonds is 4. The van der Waals surface area contributed by atoms with Gasteiger partial charge in [0, 0.05) is 12.2 Å². The zero-order valence-electron chi connectivity index (χ0n) is 8.52. The highest BCUT2D eigenvalue weighted by Crippen LogP contribution is 2.04. The Morgan fingerprint density at radius 1 is 1.53 bits per heavy atom. The molecule has 2 atom stereocenters. The van der Waals surface area contributed by atoms with Gasteiger partial charge in [0.15, 0.2) is 0 Å². The maximum Gasteiger partial charge on any atom is 0.308 e. The van der Waals surface area contributed by atoms with Gasteiger partial charge in [-0.15, -0.1) is 0 Å². The Morgan fingerprint density at radius 2 is 2.20 bits per heavy atom. The highest BCUT2D eigenvalue weighted by molar-refractivity contribution is 5.94. The minimum absolute atomic E-state index is 0.329. The number of amides is 1. The molecule has 0 aliphatic heterocycles. The summed E-state index contributed by atoms with van der Waals surface area (Å²) in [5.74, 6) is -1.89. The van der Waals surface area contributed by atoms with Crippen LogP contribution >= 0.6 is 0 Å². The quantitative estimate of drug-likeness (QED) is 0.665. The molecule has 0 radical (unpaired) electrons. The van der Waals surface area contributed by atoms with Crippen LogP contribution in [-0.2, 0) is 4.79 Å². The zero-order valence-corrected chi connectivity index (χ0v) is 8.52. The second kappa shape index (κ2) is 4.59. The number of aromatic amines is 1. The van der Waals surface area contributed by atoms with E-state index in [0.717, 1.165) is 0 Å². The Bertz CT molecular complexity index is 347. The molecule has 82 valence electrons. The Balaban J connectivity index is 2.56. The fourth-order valence-corrected chi connectivity index (χ4v) is 1.00. The van der Waals surface area contributed by atoms with Crippen molar-refractivity contribution in [2.45, 2.75) is 19.9 Å². The Morgan fingerprint density at radius 3 is 2.67 bits per heavy atom. The van der Waals surface area contributed by atoms with Crippen molar-refractivity contribution in [1.82, 2.24) is 15.5 Å². The molecule has 0 fully saturated rings. The van der Waals surface area contributed by atoms with E-state index in [1.165, 1.54) is 12.4 Å². The molecule has 6 nitrogen and oxygen atoms in total. The molecule has 0 aromatic carbocycles. The van der Waals surface area contributed by atoms with Gasteiger partial charge in [0.2, 0.25) is 0 Å². The van der Waals surface area contributed by atoms with Gasteiger partial charge in [0.25, 0.3) is 5.91 Å². The van der Waals surface area contributed by atoms with Gasteiger partial charge in [-0.3, -0.25) is 14.7 Å². The van der Waals surface area contributed by atoms with Gasteiger partial charge < -0.3 is 10.4 Å². The average molecular weight is 211 g/mol. The predicted octanol–water partition coefficient (Wildman–Crippen LogP) is 0.249. The summed E-state index contributed by atoms with van der Waals surface area (Å²) in [6, 6.07) is -0.426. The SMILES string of the molecule is CC(NC(=O)c1cn[nH]c1)C(C)C(=O)O. The third-order valence-electron chi connectivity index (χ3n) is 2.26. The lowest BCUT2D eigenvalue weighted by Gasteiger charge is -2.16. The number of hydrogen-bond acceptors (Lipinski definition) is 3. The maximum absolute atomic E-state index is 11.5. The van der Waals surface area contributed by atoms with Crippen LogP contribution in [0.5, 0.6) is 0 Å². The molecule has 1 amide bonds. The van der Waals surface area contributed by atoms with E-state index < -0.39 is 17.9 Å². The molecule has 0 saturated heterocycles. The molecule has 6 heteroatoms. The molecular weight excluding hydrogens is 198 g/mol. The van der Waals surface area contributed by atoms with Crippen molar-refractivity contribution in [3.8, 4) is 0 Å². The molecule has 0 saturated carbocycles. The highest BCUT2D eigenvalue weighted by Gasteiger charge is 2.21. The molecular formula is C9H13N3O3. The lowest BCUT2D eigenvalue weighted by molar-refractivity contribution is -0.141. The molecule has 1 heterocycles. The van der Waals surface area contributed by atoms with Crippen molar-refractivity contribution in [3.05, 3.63) is 18.0 Å². The molecule has 0 aliphatic rings. The molecule has 1 rings (SSSR count). The number of aliphatic carboxylic acids is 1. The third kappa shape index (κ3) is 2.80. The molecule has 15 heavy (non-hydrogen) atoms. The molecule has 3 N–H and O–H groups in total. The van der Waals surface area contributed by atoms with Crippen LogP contribution in [0.25, 0.3) is 0 Å². The third-order valence-corrected chi connectivity index (χ3v) is 2.26. The summed E-state index contributed by atoms with van der Waals surface area (Å²) in [5.41, 5.74) is 0.388. The van der Waals surface area contributed by atoms with E-state index in [1.54, 1.807) is 13.8 Å². The van der Waals surface area contributed by atoms with Crippen LogP contribution in [0, 0.1) is 5.92 Å². The van der Waals surface area contributed by atoms with Crippen LogP contribution < -0.4 is 5.32 Å². The number of carboxylic acids is 1. The minimum atomic E-state index is -0.935. The van der Waals surface area contributed by atoms with E-state index in [0.29, 0.717) is 5.56 Å². The lowest BCUT2D eigenvalue weighted by Crippen LogP contribution is -2.39. The minimum Gasteiger partial charge on any atom is -0.481 e. The number of nitrogens with zero attached hydrogens (tertiary/aromatic N) is 1. The van der Waals surface area contributed by atoms with Gasteiger partial charge in [-0.25, -0.2) is 0 Å². The summed E-state index contributed by atoms with van der Waals surface area (Å²) in [6.45, 7) is 3.19. The van der Waals surface area contributed by atoms with Crippen molar-refractivity contribution < 1.29 is 14.7 Å². The van der Waals surface area contributed by atoms with E-state index in [9.17, 15) is 9.59 Å². The molecule has 0 bridgehead atoms. The standard InChI is InChI=1S/C9H13N3O3/c1-5(9(14)15)6(2)12-8(13)7-3-10-11-4-7/h3-6H,1-2H3,(H,10,11)(H,12,13)(H,14,15). The number of aromatic nitrogens is 2. The number of carbonyl (C=O) groups excluding carboxylic acids is 1. The van der Waals surface area contributed by atoms with Crippen molar-refractivity contribution in [2.24, 2.45) is 5.92 Å². The van der Waals surface area contributed by atoms with Gasteiger partial charge in [-0.2, -0.15) is 5.10 Å². The molecule has 1 aromatic rings. The van der Waals surface area contributed by atoms with Gasteiger partial charge >= 0.3 is 5.97 Å². The van der Waals surface area contributed by atoms with Crippen molar-refractivity contribution in [1.29, 1.82) is 0 Å². The fourth-order valence-electron chi connectivity index (χ4n) is 1.00. The van der Waals surface area contributed by atoms with Crippen LogP contribution in [0.3, 0.4) is 0 Å². The predicted molar refractivity (Wildman–Crippen MR) is 52.3 cm³/mol. The zero-order chi connectivity index (χ0) is 11.4. The summed E-state index contributed by atoms with van der Waals surface area (Å²) < 4.78 is 0. The average Bonchev–Trinajstić information content (AvgIpc) is 2.68. The first-order valence-corrected chi connectivity index (χ1v) is 4.55. The second-order valence-electron chi connectivity index (χ2n) is 3.38. The first kappa shape index (κ1) is 11.2. The van der Waals surface area contributed by atoms with Gasteiger partial charge in [0.1, 0.15) is 0 Å². The summed E-state index contributed by atoms with van der Waals surface area (Å²) in [5, 5.41) is 17.4. The van der Waals surface area contributed by atoms with Crippen molar-refractivity contribution in [3.63, 3.8) is 0 Å². The Labute approximate surface area is 86.7 Å². The molecule has 1 aromatic heterocycles. The van der Waals surface area contributed by atoms with Crippen LogP contribution in [-0.4, -0.2) is 33.2 Å². The number of carboxylic acid groups (broad SMARTS) is 1. The van der Waals surface area contributed by atoms with E-state index in [1.807, 2.05) is 0 Å². The summed E-state index contributed by atoms with van der Waals surface area (Å²) in [6.07, 6.45) is 2.83. The highest BCUT2D eigenvalue weighted by atomic mass is 16.4. The van der Waals surface area contributed by atoms with Crippen molar-refractivity contribution >= 4 is 11.9 Å². The first-order valence-electron chi connectivity index (χ1n) is 4.55. The normalized spacial score (nSPS) is 14.3. The Hall–Kier alpha value is -1.85. The number of H-pyrrole nitrogens is 1. The van der Waals surface area contributed by atoms with Crippen molar-refractivity contribution in [2.75, 3.05) is 0 Å². The van der Waals surface area contributed by atoms with E-state index in [4.69, 9.17) is 5.11 Å². The largest absolute Gasteiger partial charge is 0.481 e. The lowest BCUT2D eigenvalue weighted by atomic mass is 10.0. The van der Waals surface area contributed by atoms with E-state index >= 15 is 0 Å². The first-order chi connectivity index (χ1) is 7.02. The summed E-state index contributed by atoms with van der Waals surface area (Å²) >= 11 is 0. The van der Waals surface area contributed by atoms with Crippen LogP contribution in [0.2, 0.25) is 0 Å². The molecule has 0 aliphatic carbocycles. The number of hydrogen-bond donors (Lipinski definition) is 3. The number of nitrogens with one attached hydrogen (secondary N) is 2. The van der Waals surface area contributed by atoms with Crippen LogP contribution in [0.1, 0.15) is 24.2 Å². The van der Waals surface area contributed by atoms with Gasteiger partial charge in [-0.05, 0) is 13.8 Å². The maximum atomic E-state index is 11.5. The van der Waals surface area contributed by atoms with Gasteiger partial charge in [-0.1, -0.05) is 0 Å². The second-order valence-corrected chi connectivity index (χ2v) is 3.38. The number of carbonyl (C=O) groups is 2. The molecule has 0 spiro atoms.